The highest BCUT2D eigenvalue weighted by atomic mass is 127. The Morgan fingerprint density at radius 3 is 2.48 bits per heavy atom. The summed E-state index contributed by atoms with van der Waals surface area (Å²) in [5.74, 6) is 0.908. The van der Waals surface area contributed by atoms with Gasteiger partial charge in [0, 0.05) is 31.9 Å². The molecule has 0 amide bonds. The van der Waals surface area contributed by atoms with Crippen LogP contribution >= 0.6 is 24.0 Å². The summed E-state index contributed by atoms with van der Waals surface area (Å²) in [7, 11) is -3.00. The van der Waals surface area contributed by atoms with E-state index in [-0.39, 0.29) is 29.7 Å². The Kier molecular flexibility index (Phi) is 12.1. The molecule has 1 saturated heterocycles. The third kappa shape index (κ3) is 10.6. The molecule has 0 spiro atoms. The van der Waals surface area contributed by atoms with E-state index in [9.17, 15) is 8.42 Å². The van der Waals surface area contributed by atoms with Crippen molar-refractivity contribution < 1.29 is 8.42 Å². The number of likely N-dealkylation sites (tertiary alicyclic amines) is 1. The van der Waals surface area contributed by atoms with Gasteiger partial charge in [0.1, 0.15) is 0 Å². The zero-order valence-electron chi connectivity index (χ0n) is 18.0. The summed E-state index contributed by atoms with van der Waals surface area (Å²) in [6.07, 6.45) is 6.37. The van der Waals surface area contributed by atoms with Crippen LogP contribution in [-0.2, 0) is 22.1 Å². The maximum atomic E-state index is 11.4. The van der Waals surface area contributed by atoms with Crippen molar-refractivity contribution in [2.24, 2.45) is 4.99 Å². The van der Waals surface area contributed by atoms with Crippen molar-refractivity contribution in [3.63, 3.8) is 0 Å². The summed E-state index contributed by atoms with van der Waals surface area (Å²) in [4.78, 5) is 7.24. The first-order chi connectivity index (χ1) is 13.4. The number of hydrogen-bond donors (Lipinski definition) is 2. The van der Waals surface area contributed by atoms with Gasteiger partial charge in [0.05, 0.1) is 12.3 Å². The van der Waals surface area contributed by atoms with E-state index in [1.807, 2.05) is 24.3 Å². The minimum atomic E-state index is -3.00. The maximum Gasteiger partial charge on any atom is 0.191 e. The highest BCUT2D eigenvalue weighted by Gasteiger charge is 2.17. The molecule has 0 saturated carbocycles. The van der Waals surface area contributed by atoms with Crippen molar-refractivity contribution in [1.29, 1.82) is 0 Å². The van der Waals surface area contributed by atoms with E-state index in [2.05, 4.69) is 34.4 Å². The number of guanidine groups is 1. The van der Waals surface area contributed by atoms with Gasteiger partial charge in [-0.3, -0.25) is 0 Å². The standard InChI is InChI=1S/C21H36N4O2S.HI/c1-4-22-21(23-13-7-15-25-14-6-5-8-18(25)2)24-16-19-9-11-20(12-10-19)17-28(3,26)27;/h9-12,18H,4-8,13-17H2,1-3H3,(H2,22,23,24);1H. The molecule has 1 aromatic rings. The lowest BCUT2D eigenvalue weighted by atomic mass is 10.0. The lowest BCUT2D eigenvalue weighted by Gasteiger charge is -2.33. The van der Waals surface area contributed by atoms with Crippen molar-refractivity contribution in [2.75, 3.05) is 32.4 Å². The second-order valence-electron chi connectivity index (χ2n) is 7.74. The molecule has 2 N–H and O–H groups in total. The van der Waals surface area contributed by atoms with Gasteiger partial charge in [-0.05, 0) is 50.8 Å². The van der Waals surface area contributed by atoms with E-state index in [0.717, 1.165) is 43.1 Å². The summed E-state index contributed by atoms with van der Waals surface area (Å²) in [5.41, 5.74) is 1.88. The number of aliphatic imine (C=N–C) groups is 1. The first kappa shape index (κ1) is 26.2. The summed E-state index contributed by atoms with van der Waals surface area (Å²) in [6.45, 7) is 9.05. The number of benzene rings is 1. The van der Waals surface area contributed by atoms with Crippen molar-refractivity contribution >= 4 is 39.8 Å². The molecule has 8 heteroatoms. The van der Waals surface area contributed by atoms with Crippen molar-refractivity contribution in [3.8, 4) is 0 Å². The van der Waals surface area contributed by atoms with Gasteiger partial charge in [-0.2, -0.15) is 0 Å². The fraction of sp³-hybridized carbons (Fsp3) is 0.667. The van der Waals surface area contributed by atoms with E-state index in [0.29, 0.717) is 12.6 Å². The van der Waals surface area contributed by atoms with Crippen LogP contribution in [0.25, 0.3) is 0 Å². The first-order valence-corrected chi connectivity index (χ1v) is 12.4. The molecule has 1 aliphatic heterocycles. The molecule has 6 nitrogen and oxygen atoms in total. The number of piperidine rings is 1. The maximum absolute atomic E-state index is 11.4. The SMILES string of the molecule is CCNC(=NCc1ccc(CS(C)(=O)=O)cc1)NCCCN1CCCCC1C.I. The van der Waals surface area contributed by atoms with Gasteiger partial charge in [0.2, 0.25) is 0 Å². The predicted molar refractivity (Wildman–Crippen MR) is 133 cm³/mol. The monoisotopic (exact) mass is 536 g/mol. The molecule has 29 heavy (non-hydrogen) atoms. The van der Waals surface area contributed by atoms with Crippen LogP contribution in [-0.4, -0.2) is 57.8 Å². The predicted octanol–water partition coefficient (Wildman–Crippen LogP) is 3.17. The van der Waals surface area contributed by atoms with Gasteiger partial charge in [-0.25, -0.2) is 13.4 Å². The second-order valence-corrected chi connectivity index (χ2v) is 9.88. The fourth-order valence-electron chi connectivity index (χ4n) is 3.53. The Labute approximate surface area is 193 Å². The average molecular weight is 537 g/mol. The van der Waals surface area contributed by atoms with Crippen LogP contribution in [0, 0.1) is 0 Å². The number of sulfone groups is 1. The Morgan fingerprint density at radius 2 is 1.86 bits per heavy atom. The van der Waals surface area contributed by atoms with Crippen LogP contribution in [0.5, 0.6) is 0 Å². The fourth-order valence-corrected chi connectivity index (χ4v) is 4.33. The van der Waals surface area contributed by atoms with E-state index < -0.39 is 9.84 Å². The van der Waals surface area contributed by atoms with Gasteiger partial charge >= 0.3 is 0 Å². The highest BCUT2D eigenvalue weighted by molar-refractivity contribution is 14.0. The Balaban J connectivity index is 0.00000420. The average Bonchev–Trinajstić information content (AvgIpc) is 2.64. The summed E-state index contributed by atoms with van der Waals surface area (Å²) < 4.78 is 22.8. The van der Waals surface area contributed by atoms with Crippen LogP contribution in [0.4, 0.5) is 0 Å². The third-order valence-electron chi connectivity index (χ3n) is 5.07. The van der Waals surface area contributed by atoms with Crippen LogP contribution in [0.2, 0.25) is 0 Å². The lowest BCUT2D eigenvalue weighted by molar-refractivity contribution is 0.159. The molecule has 0 bridgehead atoms. The van der Waals surface area contributed by atoms with E-state index >= 15 is 0 Å². The Morgan fingerprint density at radius 1 is 1.17 bits per heavy atom. The summed E-state index contributed by atoms with van der Waals surface area (Å²) in [6, 6.07) is 8.34. The van der Waals surface area contributed by atoms with E-state index in [4.69, 9.17) is 0 Å². The molecule has 1 fully saturated rings. The van der Waals surface area contributed by atoms with Crippen molar-refractivity contribution in [2.45, 2.75) is 57.9 Å². The topological polar surface area (TPSA) is 73.8 Å². The molecule has 1 atom stereocenters. The largest absolute Gasteiger partial charge is 0.357 e. The zero-order chi connectivity index (χ0) is 20.4. The molecule has 1 aliphatic rings. The minimum Gasteiger partial charge on any atom is -0.357 e. The number of nitrogens with zero attached hydrogens (tertiary/aromatic N) is 2. The number of halogens is 1. The van der Waals surface area contributed by atoms with Crippen molar-refractivity contribution in [3.05, 3.63) is 35.4 Å². The minimum absolute atomic E-state index is 0. The van der Waals surface area contributed by atoms with Gasteiger partial charge < -0.3 is 15.5 Å². The smallest absolute Gasteiger partial charge is 0.191 e. The van der Waals surface area contributed by atoms with Gasteiger partial charge in [-0.1, -0.05) is 30.7 Å². The Hall–Kier alpha value is -0.870. The molecule has 2 rings (SSSR count). The molecule has 1 aromatic carbocycles. The van der Waals surface area contributed by atoms with Crippen LogP contribution < -0.4 is 10.6 Å². The first-order valence-electron chi connectivity index (χ1n) is 10.4. The second kappa shape index (κ2) is 13.4. The van der Waals surface area contributed by atoms with Gasteiger partial charge in [0.25, 0.3) is 0 Å². The molecule has 0 aromatic heterocycles. The van der Waals surface area contributed by atoms with Crippen LogP contribution in [0.1, 0.15) is 50.7 Å². The normalized spacial score (nSPS) is 18.2. The van der Waals surface area contributed by atoms with Crippen molar-refractivity contribution in [1.82, 2.24) is 15.5 Å². The zero-order valence-corrected chi connectivity index (χ0v) is 21.1. The third-order valence-corrected chi connectivity index (χ3v) is 5.93. The highest BCUT2D eigenvalue weighted by Crippen LogP contribution is 2.16. The summed E-state index contributed by atoms with van der Waals surface area (Å²) >= 11 is 0. The summed E-state index contributed by atoms with van der Waals surface area (Å²) in [5, 5.41) is 6.71. The van der Waals surface area contributed by atoms with Crippen LogP contribution in [0.3, 0.4) is 0 Å². The lowest BCUT2D eigenvalue weighted by Crippen LogP contribution is -2.41. The number of hydrogen-bond acceptors (Lipinski definition) is 4. The number of nitrogens with one attached hydrogen (secondary N) is 2. The van der Waals surface area contributed by atoms with Crippen LogP contribution in [0.15, 0.2) is 29.3 Å². The molecular weight excluding hydrogens is 499 g/mol. The molecule has 166 valence electrons. The number of rotatable bonds is 9. The molecule has 1 unspecified atom stereocenters. The molecule has 0 aliphatic carbocycles. The molecule has 1 heterocycles. The van der Waals surface area contributed by atoms with E-state index in [1.165, 1.54) is 32.1 Å². The quantitative estimate of drug-likeness (QED) is 0.220. The van der Waals surface area contributed by atoms with Gasteiger partial charge in [-0.15, -0.1) is 24.0 Å². The Bertz CT molecular complexity index is 723. The molecule has 0 radical (unpaired) electrons. The van der Waals surface area contributed by atoms with Gasteiger partial charge in [0.15, 0.2) is 15.8 Å². The van der Waals surface area contributed by atoms with E-state index in [1.54, 1.807) is 0 Å². The molecular formula is C21H37IN4O2S.